The molecular weight excluding hydrogens is 412 g/mol. The van der Waals surface area contributed by atoms with Crippen LogP contribution in [0.1, 0.15) is 15.9 Å². The van der Waals surface area contributed by atoms with Gasteiger partial charge in [0.2, 0.25) is 10.0 Å². The molecule has 2 aromatic carbocycles. The third kappa shape index (κ3) is 6.06. The number of rotatable bonds is 9. The number of nitrogens with zero attached hydrogens (tertiary/aromatic N) is 2. The Morgan fingerprint density at radius 1 is 1.14 bits per heavy atom. The summed E-state index contributed by atoms with van der Waals surface area (Å²) in [6.45, 7) is 0.460. The van der Waals surface area contributed by atoms with Crippen molar-refractivity contribution in [2.45, 2.75) is 18.1 Å². The summed E-state index contributed by atoms with van der Waals surface area (Å²) in [4.78, 5) is 24.4. The Labute approximate surface area is 172 Å². The van der Waals surface area contributed by atoms with Crippen LogP contribution in [-0.4, -0.2) is 41.0 Å². The summed E-state index contributed by atoms with van der Waals surface area (Å²) in [5.74, 6) is -0.0416. The Kier molecular flexibility index (Phi) is 6.55. The zero-order chi connectivity index (χ0) is 20.9. The quantitative estimate of drug-likeness (QED) is 0.396. The average Bonchev–Trinajstić information content (AvgIpc) is 3.04. The molecule has 3 rings (SSSR count). The van der Waals surface area contributed by atoms with Crippen LogP contribution < -0.4 is 10.4 Å². The number of hydrogen-bond donors (Lipinski definition) is 2. The van der Waals surface area contributed by atoms with Crippen LogP contribution >= 0.6 is 11.8 Å². The maximum Gasteiger partial charge on any atom is 0.343 e. The summed E-state index contributed by atoms with van der Waals surface area (Å²) in [5, 5.41) is 6.89. The highest BCUT2D eigenvalue weighted by Gasteiger charge is 2.13. The highest BCUT2D eigenvalue weighted by molar-refractivity contribution is 7.99. The Bertz CT molecular complexity index is 1140. The Hall–Kier alpha value is -2.85. The van der Waals surface area contributed by atoms with Crippen molar-refractivity contribution in [2.24, 2.45) is 0 Å². The summed E-state index contributed by atoms with van der Waals surface area (Å²) < 4.78 is 26.3. The van der Waals surface area contributed by atoms with Crippen LogP contribution in [0.25, 0.3) is 0 Å². The third-order valence-electron chi connectivity index (χ3n) is 4.03. The fraction of sp³-hybridized carbons (Fsp3) is 0.211. The van der Waals surface area contributed by atoms with Crippen LogP contribution in [0.5, 0.6) is 0 Å². The van der Waals surface area contributed by atoms with E-state index >= 15 is 0 Å². The van der Waals surface area contributed by atoms with Gasteiger partial charge in [-0.15, -0.1) is 5.10 Å². The van der Waals surface area contributed by atoms with Crippen LogP contribution in [0, 0.1) is 0 Å². The molecule has 0 atom stereocenters. The number of carbonyl (C=O) groups excluding carboxylic acids is 1. The maximum absolute atomic E-state index is 12.4. The average molecular weight is 433 g/mol. The van der Waals surface area contributed by atoms with E-state index in [1.54, 1.807) is 12.1 Å². The molecule has 0 fully saturated rings. The zero-order valence-corrected chi connectivity index (χ0v) is 17.3. The molecule has 152 valence electrons. The van der Waals surface area contributed by atoms with Gasteiger partial charge in [0.15, 0.2) is 10.9 Å². The van der Waals surface area contributed by atoms with E-state index in [1.165, 1.54) is 28.5 Å². The van der Waals surface area contributed by atoms with Crippen LogP contribution in [0.15, 0.2) is 64.5 Å². The minimum Gasteiger partial charge on any atom is -0.293 e. The lowest BCUT2D eigenvalue weighted by Crippen LogP contribution is -2.19. The minimum atomic E-state index is -3.37. The summed E-state index contributed by atoms with van der Waals surface area (Å²) in [7, 11) is -3.37. The van der Waals surface area contributed by atoms with Crippen molar-refractivity contribution in [3.63, 3.8) is 0 Å². The highest BCUT2D eigenvalue weighted by Crippen LogP contribution is 2.18. The smallest absolute Gasteiger partial charge is 0.293 e. The van der Waals surface area contributed by atoms with E-state index in [-0.39, 0.29) is 17.2 Å². The van der Waals surface area contributed by atoms with Crippen molar-refractivity contribution < 1.29 is 13.2 Å². The lowest BCUT2D eigenvalue weighted by atomic mass is 10.1. The second-order valence-electron chi connectivity index (χ2n) is 6.36. The highest BCUT2D eigenvalue weighted by atomic mass is 32.2. The molecule has 2 N–H and O–H groups in total. The van der Waals surface area contributed by atoms with Gasteiger partial charge < -0.3 is 0 Å². The molecule has 29 heavy (non-hydrogen) atoms. The number of hydrogen-bond acceptors (Lipinski definition) is 6. The molecule has 10 heteroatoms. The van der Waals surface area contributed by atoms with Crippen molar-refractivity contribution in [2.75, 3.05) is 16.7 Å². The predicted octanol–water partition coefficient (Wildman–Crippen LogP) is 2.16. The topological polar surface area (TPSA) is 114 Å². The zero-order valence-electron chi connectivity index (χ0n) is 15.7. The summed E-state index contributed by atoms with van der Waals surface area (Å²) in [5.41, 5.74) is 1.63. The second kappa shape index (κ2) is 9.10. The van der Waals surface area contributed by atoms with Crippen LogP contribution in [-0.2, 0) is 23.0 Å². The SMILES string of the molecule is CS(=O)(=O)Nc1ccc(C(=O)CSc2n[nH]c(=O)n2CCc2ccccc2)cc1. The molecule has 0 unspecified atom stereocenters. The largest absolute Gasteiger partial charge is 0.343 e. The van der Waals surface area contributed by atoms with Gasteiger partial charge in [-0.3, -0.25) is 14.1 Å². The molecule has 0 aliphatic rings. The van der Waals surface area contributed by atoms with Crippen LogP contribution in [0.3, 0.4) is 0 Å². The first-order valence-corrected chi connectivity index (χ1v) is 11.6. The fourth-order valence-corrected chi connectivity index (χ4v) is 4.08. The van der Waals surface area contributed by atoms with E-state index in [1.807, 2.05) is 30.3 Å². The van der Waals surface area contributed by atoms with Crippen molar-refractivity contribution in [1.82, 2.24) is 14.8 Å². The van der Waals surface area contributed by atoms with Crippen LogP contribution in [0.2, 0.25) is 0 Å². The van der Waals surface area contributed by atoms with E-state index in [2.05, 4.69) is 14.9 Å². The molecule has 0 amide bonds. The molecule has 0 spiro atoms. The van der Waals surface area contributed by atoms with Gasteiger partial charge in [0.25, 0.3) is 0 Å². The molecule has 1 aromatic heterocycles. The first-order valence-electron chi connectivity index (χ1n) is 8.75. The summed E-state index contributed by atoms with van der Waals surface area (Å²) in [6.07, 6.45) is 1.74. The van der Waals surface area contributed by atoms with Crippen molar-refractivity contribution >= 4 is 33.3 Å². The monoisotopic (exact) mass is 432 g/mol. The number of nitrogens with one attached hydrogen (secondary N) is 2. The van der Waals surface area contributed by atoms with Gasteiger partial charge in [0, 0.05) is 17.8 Å². The standard InChI is InChI=1S/C19H20N4O4S2/c1-29(26,27)22-16-9-7-15(8-10-16)17(24)13-28-19-21-20-18(25)23(19)12-11-14-5-3-2-4-6-14/h2-10,22H,11-13H2,1H3,(H,20,25). The van der Waals surface area contributed by atoms with Crippen molar-refractivity contribution in [1.29, 1.82) is 0 Å². The molecule has 0 bridgehead atoms. The van der Waals surface area contributed by atoms with E-state index in [0.29, 0.717) is 29.4 Å². The minimum absolute atomic E-state index is 0.106. The number of anilines is 1. The number of aryl methyl sites for hydroxylation is 1. The predicted molar refractivity (Wildman–Crippen MR) is 113 cm³/mol. The van der Waals surface area contributed by atoms with Crippen LogP contribution in [0.4, 0.5) is 5.69 Å². The molecule has 3 aromatic rings. The lowest BCUT2D eigenvalue weighted by Gasteiger charge is -2.07. The second-order valence-corrected chi connectivity index (χ2v) is 9.05. The van der Waals surface area contributed by atoms with Gasteiger partial charge in [-0.05, 0) is 36.2 Å². The Balaban J connectivity index is 1.61. The third-order valence-corrected chi connectivity index (χ3v) is 5.62. The number of H-pyrrole nitrogens is 1. The lowest BCUT2D eigenvalue weighted by molar-refractivity contribution is 0.102. The number of ketones is 1. The van der Waals surface area contributed by atoms with Gasteiger partial charge in [-0.1, -0.05) is 42.1 Å². The summed E-state index contributed by atoms with van der Waals surface area (Å²) in [6, 6.07) is 16.0. The first kappa shape index (κ1) is 20.9. The van der Waals surface area contributed by atoms with Gasteiger partial charge in [0.1, 0.15) is 0 Å². The van der Waals surface area contributed by atoms with Gasteiger partial charge in [-0.2, -0.15) is 0 Å². The fourth-order valence-electron chi connectivity index (χ4n) is 2.65. The number of carbonyl (C=O) groups is 1. The van der Waals surface area contributed by atoms with E-state index < -0.39 is 10.0 Å². The number of aromatic nitrogens is 3. The first-order chi connectivity index (χ1) is 13.8. The maximum atomic E-state index is 12.4. The van der Waals surface area contributed by atoms with Crippen molar-refractivity contribution in [3.8, 4) is 0 Å². The van der Waals surface area contributed by atoms with E-state index in [4.69, 9.17) is 0 Å². The van der Waals surface area contributed by atoms with Gasteiger partial charge >= 0.3 is 5.69 Å². The number of benzene rings is 2. The summed E-state index contributed by atoms with van der Waals surface area (Å²) >= 11 is 1.18. The number of sulfonamides is 1. The molecule has 0 radical (unpaired) electrons. The molecule has 1 heterocycles. The normalized spacial score (nSPS) is 11.3. The number of aromatic amines is 1. The molecule has 8 nitrogen and oxygen atoms in total. The molecule has 0 aliphatic heterocycles. The molecule has 0 saturated heterocycles. The Morgan fingerprint density at radius 2 is 1.83 bits per heavy atom. The Morgan fingerprint density at radius 3 is 2.48 bits per heavy atom. The number of Topliss-reactive ketones (excluding diaryl/α,β-unsaturated/α-hetero) is 1. The van der Waals surface area contributed by atoms with E-state index in [0.717, 1.165) is 11.8 Å². The molecule has 0 saturated carbocycles. The molecular formula is C19H20N4O4S2. The van der Waals surface area contributed by atoms with Gasteiger partial charge in [0.05, 0.1) is 12.0 Å². The molecule has 0 aliphatic carbocycles. The van der Waals surface area contributed by atoms with Crippen molar-refractivity contribution in [3.05, 3.63) is 76.2 Å². The number of thioether (sulfide) groups is 1. The van der Waals surface area contributed by atoms with Gasteiger partial charge in [-0.25, -0.2) is 18.3 Å². The van der Waals surface area contributed by atoms with E-state index in [9.17, 15) is 18.0 Å².